The monoisotopic (exact) mass is 528 g/mol. The van der Waals surface area contributed by atoms with E-state index in [0.29, 0.717) is 0 Å². The lowest BCUT2D eigenvalue weighted by molar-refractivity contribution is 0.0734. The van der Waals surface area contributed by atoms with Crippen LogP contribution in [0.4, 0.5) is 11.4 Å². The first-order valence-corrected chi connectivity index (χ1v) is 14.1. The lowest BCUT2D eigenvalue weighted by atomic mass is 9.67. The normalized spacial score (nSPS) is 19.3. The third kappa shape index (κ3) is 3.81. The van der Waals surface area contributed by atoms with E-state index in [1.165, 1.54) is 33.4 Å². The maximum absolute atomic E-state index is 6.13. The molecule has 5 aromatic rings. The number of allylic oxidation sites excluding steroid dienone is 2. The van der Waals surface area contributed by atoms with Gasteiger partial charge in [0.2, 0.25) is 0 Å². The molecule has 0 aromatic heterocycles. The van der Waals surface area contributed by atoms with Gasteiger partial charge in [-0.05, 0) is 69.8 Å². The highest BCUT2D eigenvalue weighted by atomic mass is 16.5. The van der Waals surface area contributed by atoms with E-state index in [2.05, 4.69) is 133 Å². The number of fused-ring (bicyclic) bond motifs is 4. The van der Waals surface area contributed by atoms with Crippen LogP contribution in [0.5, 0.6) is 0 Å². The third-order valence-corrected chi connectivity index (χ3v) is 8.44. The van der Waals surface area contributed by atoms with Crippen LogP contribution in [0.3, 0.4) is 0 Å². The number of rotatable bonds is 5. The minimum Gasteiger partial charge on any atom is -0.356 e. The minimum atomic E-state index is -0.408. The third-order valence-electron chi connectivity index (χ3n) is 8.44. The zero-order valence-electron chi connectivity index (χ0n) is 22.4. The van der Waals surface area contributed by atoms with Gasteiger partial charge in [-0.15, -0.1) is 0 Å². The number of nitrogens with one attached hydrogen (secondary N) is 1. The second-order valence-corrected chi connectivity index (χ2v) is 10.7. The van der Waals surface area contributed by atoms with Crippen molar-refractivity contribution in [1.82, 2.24) is 0 Å². The minimum absolute atomic E-state index is 0.0478. The van der Waals surface area contributed by atoms with Crippen LogP contribution in [-0.4, -0.2) is 11.8 Å². The van der Waals surface area contributed by atoms with Gasteiger partial charge < -0.3 is 10.1 Å². The first-order chi connectivity index (χ1) is 20.3. The van der Waals surface area contributed by atoms with Gasteiger partial charge in [-0.1, -0.05) is 115 Å². The van der Waals surface area contributed by atoms with Crippen LogP contribution < -0.4 is 5.32 Å². The van der Waals surface area contributed by atoms with E-state index in [1.54, 1.807) is 0 Å². The molecule has 1 N–H and O–H groups in total. The molecule has 0 saturated carbocycles. The molecule has 2 atom stereocenters. The van der Waals surface area contributed by atoms with E-state index >= 15 is 0 Å². The molecule has 1 aliphatic heterocycles. The summed E-state index contributed by atoms with van der Waals surface area (Å²) in [5.41, 5.74) is 11.4. The highest BCUT2D eigenvalue weighted by Crippen LogP contribution is 2.56. The molecule has 0 amide bonds. The molecule has 0 bridgehead atoms. The van der Waals surface area contributed by atoms with Gasteiger partial charge in [-0.2, -0.15) is 0 Å². The van der Waals surface area contributed by atoms with Gasteiger partial charge in [0, 0.05) is 16.9 Å². The van der Waals surface area contributed by atoms with Crippen LogP contribution in [0, 0.1) is 0 Å². The predicted molar refractivity (Wildman–Crippen MR) is 167 cm³/mol. The summed E-state index contributed by atoms with van der Waals surface area (Å²) in [6.07, 6.45) is 7.77. The van der Waals surface area contributed by atoms with E-state index in [1.807, 2.05) is 24.3 Å². The molecular formula is C38H28N2O. The van der Waals surface area contributed by atoms with Crippen molar-refractivity contribution in [3.05, 3.63) is 180 Å². The highest BCUT2D eigenvalue weighted by Gasteiger charge is 2.45. The molecule has 2 unspecified atom stereocenters. The van der Waals surface area contributed by atoms with Crippen molar-refractivity contribution < 1.29 is 4.74 Å². The Labute approximate surface area is 240 Å². The number of ether oxygens (including phenoxy) is 1. The Morgan fingerprint density at radius 2 is 1.29 bits per heavy atom. The Morgan fingerprint density at radius 1 is 0.610 bits per heavy atom. The number of benzene rings is 5. The first-order valence-electron chi connectivity index (χ1n) is 14.1. The first kappa shape index (κ1) is 23.9. The van der Waals surface area contributed by atoms with E-state index in [-0.39, 0.29) is 12.3 Å². The SMILES string of the molecule is C1=CC2=NC(c3ccc(Nc4cccc(C5(c6ccccc6)c6ccccc6-c6ccccc65)c4)cc3)OC2C=C1. The van der Waals surface area contributed by atoms with Crippen LogP contribution in [0.1, 0.15) is 34.0 Å². The molecule has 0 saturated heterocycles. The van der Waals surface area contributed by atoms with Gasteiger partial charge >= 0.3 is 0 Å². The van der Waals surface area contributed by atoms with Gasteiger partial charge in [0.1, 0.15) is 6.10 Å². The Morgan fingerprint density at radius 3 is 2.02 bits per heavy atom. The van der Waals surface area contributed by atoms with Crippen molar-refractivity contribution in [2.24, 2.45) is 4.99 Å². The number of nitrogens with zero attached hydrogens (tertiary/aromatic N) is 1. The molecule has 2 aliphatic carbocycles. The quantitative estimate of drug-likeness (QED) is 0.243. The average Bonchev–Trinajstić information content (AvgIpc) is 3.60. The number of hydrogen-bond acceptors (Lipinski definition) is 3. The van der Waals surface area contributed by atoms with E-state index in [9.17, 15) is 0 Å². The molecule has 0 fully saturated rings. The number of aliphatic imine (C=N–C) groups is 1. The average molecular weight is 529 g/mol. The summed E-state index contributed by atoms with van der Waals surface area (Å²) in [5.74, 6) is 0. The molecule has 5 aromatic carbocycles. The Balaban J connectivity index is 1.17. The molecule has 41 heavy (non-hydrogen) atoms. The zero-order valence-corrected chi connectivity index (χ0v) is 22.4. The second-order valence-electron chi connectivity index (χ2n) is 10.7. The summed E-state index contributed by atoms with van der Waals surface area (Å²) in [4.78, 5) is 4.76. The fourth-order valence-corrected chi connectivity index (χ4v) is 6.64. The van der Waals surface area contributed by atoms with Crippen molar-refractivity contribution >= 4 is 17.1 Å². The van der Waals surface area contributed by atoms with Crippen molar-refractivity contribution in [3.63, 3.8) is 0 Å². The topological polar surface area (TPSA) is 33.6 Å². The fourth-order valence-electron chi connectivity index (χ4n) is 6.64. The fraction of sp³-hybridized carbons (Fsp3) is 0.0789. The van der Waals surface area contributed by atoms with Crippen LogP contribution in [0.2, 0.25) is 0 Å². The second kappa shape index (κ2) is 9.58. The molecule has 0 spiro atoms. The molecule has 8 rings (SSSR count). The standard InChI is InChI=1S/C38H28N2O/c1-2-11-27(12-3-1)38(33-17-6-4-15-31(33)32-16-5-7-18-34(32)38)28-13-10-14-30(25-28)39-29-23-21-26(22-24-29)37-40-35-19-8-9-20-36(35)41-37/h1-25,36-37,39H. The summed E-state index contributed by atoms with van der Waals surface area (Å²) in [6.45, 7) is 0. The van der Waals surface area contributed by atoms with Crippen LogP contribution >= 0.6 is 0 Å². The smallest absolute Gasteiger partial charge is 0.175 e. The van der Waals surface area contributed by atoms with Gasteiger partial charge in [0.25, 0.3) is 0 Å². The molecule has 3 aliphatic rings. The van der Waals surface area contributed by atoms with E-state index in [4.69, 9.17) is 9.73 Å². The van der Waals surface area contributed by atoms with Gasteiger partial charge in [0.05, 0.1) is 11.1 Å². The summed E-state index contributed by atoms with van der Waals surface area (Å²) < 4.78 is 6.13. The van der Waals surface area contributed by atoms with Crippen LogP contribution in [0.15, 0.2) is 157 Å². The number of anilines is 2. The largest absolute Gasteiger partial charge is 0.356 e. The van der Waals surface area contributed by atoms with Crippen molar-refractivity contribution in [3.8, 4) is 11.1 Å². The lowest BCUT2D eigenvalue weighted by Crippen LogP contribution is -2.28. The maximum Gasteiger partial charge on any atom is 0.175 e. The van der Waals surface area contributed by atoms with Crippen molar-refractivity contribution in [2.45, 2.75) is 17.7 Å². The zero-order chi connectivity index (χ0) is 27.2. The van der Waals surface area contributed by atoms with Gasteiger partial charge in [0.15, 0.2) is 6.23 Å². The van der Waals surface area contributed by atoms with Gasteiger partial charge in [-0.3, -0.25) is 4.99 Å². The summed E-state index contributed by atoms with van der Waals surface area (Å²) in [6, 6.07) is 45.8. The highest BCUT2D eigenvalue weighted by molar-refractivity contribution is 6.02. The predicted octanol–water partition coefficient (Wildman–Crippen LogP) is 8.76. The maximum atomic E-state index is 6.13. The Kier molecular flexibility index (Phi) is 5.58. The summed E-state index contributed by atoms with van der Waals surface area (Å²) >= 11 is 0. The van der Waals surface area contributed by atoms with E-state index < -0.39 is 5.41 Å². The summed E-state index contributed by atoms with van der Waals surface area (Å²) in [7, 11) is 0. The molecule has 3 nitrogen and oxygen atoms in total. The summed E-state index contributed by atoms with van der Waals surface area (Å²) in [5, 5.41) is 3.65. The van der Waals surface area contributed by atoms with Crippen molar-refractivity contribution in [2.75, 3.05) is 5.32 Å². The molecular weight excluding hydrogens is 500 g/mol. The Hall–Kier alpha value is -4.99. The van der Waals surface area contributed by atoms with Gasteiger partial charge in [-0.25, -0.2) is 0 Å². The van der Waals surface area contributed by atoms with Crippen LogP contribution in [0.25, 0.3) is 11.1 Å². The molecule has 3 heteroatoms. The molecule has 0 radical (unpaired) electrons. The number of hydrogen-bond donors (Lipinski definition) is 1. The molecule has 1 heterocycles. The van der Waals surface area contributed by atoms with Crippen LogP contribution in [-0.2, 0) is 10.2 Å². The Bertz CT molecular complexity index is 1800. The van der Waals surface area contributed by atoms with E-state index in [0.717, 1.165) is 22.6 Å². The van der Waals surface area contributed by atoms with Crippen molar-refractivity contribution in [1.29, 1.82) is 0 Å². The lowest BCUT2D eigenvalue weighted by Gasteiger charge is -2.34. The molecule has 196 valence electrons.